The minimum atomic E-state index is 0.696. The molecule has 1 fully saturated rings. The van der Waals surface area contributed by atoms with Gasteiger partial charge in [0.2, 0.25) is 0 Å². The normalized spacial score (nSPS) is 24.4. The Hall–Kier alpha value is -0.930. The predicted octanol–water partition coefficient (Wildman–Crippen LogP) is 2.43. The summed E-state index contributed by atoms with van der Waals surface area (Å²) < 4.78 is 0. The molecule has 1 aromatic heterocycles. The Morgan fingerprint density at radius 3 is 2.94 bits per heavy atom. The third kappa shape index (κ3) is 3.53. The van der Waals surface area contributed by atoms with E-state index in [2.05, 4.69) is 41.3 Å². The highest BCUT2D eigenvalue weighted by atomic mass is 15.2. The Morgan fingerprint density at radius 2 is 2.28 bits per heavy atom. The lowest BCUT2D eigenvalue weighted by Crippen LogP contribution is -2.43. The fourth-order valence-corrected chi connectivity index (χ4v) is 2.96. The van der Waals surface area contributed by atoms with Gasteiger partial charge in [0.05, 0.1) is 5.69 Å². The quantitative estimate of drug-likeness (QED) is 0.866. The summed E-state index contributed by atoms with van der Waals surface area (Å²) in [6.45, 7) is 4.35. The molecule has 2 unspecified atom stereocenters. The average Bonchev–Trinajstić information content (AvgIpc) is 2.46. The first-order valence-electron chi connectivity index (χ1n) is 7.14. The number of hydrogen-bond donors (Lipinski definition) is 1. The van der Waals surface area contributed by atoms with Crippen LogP contribution in [0.2, 0.25) is 0 Å². The van der Waals surface area contributed by atoms with Crippen molar-refractivity contribution >= 4 is 0 Å². The van der Waals surface area contributed by atoms with Crippen molar-refractivity contribution in [2.75, 3.05) is 13.6 Å². The summed E-state index contributed by atoms with van der Waals surface area (Å²) in [5.74, 6) is 0. The first-order chi connectivity index (χ1) is 8.83. The number of nitrogens with one attached hydrogen (secondary N) is 1. The topological polar surface area (TPSA) is 28.2 Å². The lowest BCUT2D eigenvalue weighted by Gasteiger charge is -2.36. The molecule has 1 saturated carbocycles. The lowest BCUT2D eigenvalue weighted by atomic mass is 9.90. The zero-order valence-electron chi connectivity index (χ0n) is 11.6. The van der Waals surface area contributed by atoms with Gasteiger partial charge < -0.3 is 5.32 Å². The third-order valence-electron chi connectivity index (χ3n) is 4.07. The predicted molar refractivity (Wildman–Crippen MR) is 75.4 cm³/mol. The molecule has 0 bridgehead atoms. The standard InChI is InChI=1S/C15H25N3/c1-3-18(12-14-7-4-5-10-17-14)15-9-6-8-13(11-15)16-2/h4-5,7,10,13,15-16H,3,6,8-9,11-12H2,1-2H3. The summed E-state index contributed by atoms with van der Waals surface area (Å²) in [7, 11) is 2.09. The van der Waals surface area contributed by atoms with Crippen molar-refractivity contribution in [2.45, 2.75) is 51.2 Å². The molecular weight excluding hydrogens is 222 g/mol. The third-order valence-corrected chi connectivity index (χ3v) is 4.07. The second-order valence-electron chi connectivity index (χ2n) is 5.19. The van der Waals surface area contributed by atoms with E-state index in [4.69, 9.17) is 0 Å². The zero-order chi connectivity index (χ0) is 12.8. The van der Waals surface area contributed by atoms with Crippen LogP contribution in [0.5, 0.6) is 0 Å². The number of aromatic nitrogens is 1. The summed E-state index contributed by atoms with van der Waals surface area (Å²) in [5, 5.41) is 3.43. The van der Waals surface area contributed by atoms with Crippen LogP contribution in [0.25, 0.3) is 0 Å². The molecule has 0 aromatic carbocycles. The first-order valence-corrected chi connectivity index (χ1v) is 7.14. The van der Waals surface area contributed by atoms with Gasteiger partial charge in [0.1, 0.15) is 0 Å². The van der Waals surface area contributed by atoms with Crippen molar-refractivity contribution in [1.29, 1.82) is 0 Å². The number of rotatable bonds is 5. The minimum Gasteiger partial charge on any atom is -0.317 e. The van der Waals surface area contributed by atoms with Crippen LogP contribution < -0.4 is 5.32 Å². The monoisotopic (exact) mass is 247 g/mol. The van der Waals surface area contributed by atoms with E-state index in [9.17, 15) is 0 Å². The van der Waals surface area contributed by atoms with E-state index >= 15 is 0 Å². The molecule has 1 N–H and O–H groups in total. The van der Waals surface area contributed by atoms with Crippen molar-refractivity contribution in [1.82, 2.24) is 15.2 Å². The van der Waals surface area contributed by atoms with Gasteiger partial charge in [-0.05, 0) is 45.0 Å². The molecule has 1 aromatic rings. The van der Waals surface area contributed by atoms with E-state index in [1.54, 1.807) is 0 Å². The summed E-state index contributed by atoms with van der Waals surface area (Å²) >= 11 is 0. The maximum absolute atomic E-state index is 4.44. The van der Waals surface area contributed by atoms with Crippen LogP contribution in [0.4, 0.5) is 0 Å². The van der Waals surface area contributed by atoms with Crippen molar-refractivity contribution in [2.24, 2.45) is 0 Å². The maximum atomic E-state index is 4.44. The van der Waals surface area contributed by atoms with Crippen LogP contribution in [0, 0.1) is 0 Å². The molecule has 1 aliphatic carbocycles. The molecule has 3 heteroatoms. The van der Waals surface area contributed by atoms with Crippen LogP contribution in [-0.4, -0.2) is 35.6 Å². The molecular formula is C15H25N3. The molecule has 1 aliphatic rings. The zero-order valence-corrected chi connectivity index (χ0v) is 11.6. The maximum Gasteiger partial charge on any atom is 0.0544 e. The van der Waals surface area contributed by atoms with Gasteiger partial charge in [-0.15, -0.1) is 0 Å². The number of hydrogen-bond acceptors (Lipinski definition) is 3. The van der Waals surface area contributed by atoms with Gasteiger partial charge in [-0.25, -0.2) is 0 Å². The van der Waals surface area contributed by atoms with Gasteiger partial charge in [-0.1, -0.05) is 19.4 Å². The van der Waals surface area contributed by atoms with Crippen LogP contribution in [0.15, 0.2) is 24.4 Å². The van der Waals surface area contributed by atoms with Gasteiger partial charge in [0.25, 0.3) is 0 Å². The molecule has 0 radical (unpaired) electrons. The molecule has 0 amide bonds. The van der Waals surface area contributed by atoms with Crippen LogP contribution >= 0.6 is 0 Å². The van der Waals surface area contributed by atoms with Crippen molar-refractivity contribution in [3.8, 4) is 0 Å². The van der Waals surface area contributed by atoms with E-state index in [1.807, 2.05) is 12.3 Å². The highest BCUT2D eigenvalue weighted by Gasteiger charge is 2.25. The largest absolute Gasteiger partial charge is 0.317 e. The summed E-state index contributed by atoms with van der Waals surface area (Å²) in [4.78, 5) is 7.02. The highest BCUT2D eigenvalue weighted by molar-refractivity contribution is 5.03. The van der Waals surface area contributed by atoms with Gasteiger partial charge in [0.15, 0.2) is 0 Å². The van der Waals surface area contributed by atoms with Crippen LogP contribution in [0.1, 0.15) is 38.3 Å². The Bertz CT molecular complexity index is 339. The Labute approximate surface area is 111 Å². The Morgan fingerprint density at radius 1 is 1.39 bits per heavy atom. The molecule has 3 nitrogen and oxygen atoms in total. The highest BCUT2D eigenvalue weighted by Crippen LogP contribution is 2.24. The molecule has 2 rings (SSSR count). The van der Waals surface area contributed by atoms with E-state index < -0.39 is 0 Å². The van der Waals surface area contributed by atoms with Gasteiger partial charge in [0, 0.05) is 24.8 Å². The Balaban J connectivity index is 1.95. The fourth-order valence-electron chi connectivity index (χ4n) is 2.96. The molecule has 0 aliphatic heterocycles. The second-order valence-corrected chi connectivity index (χ2v) is 5.19. The van der Waals surface area contributed by atoms with Gasteiger partial charge in [-0.2, -0.15) is 0 Å². The summed E-state index contributed by atoms with van der Waals surface area (Å²) in [5.41, 5.74) is 1.19. The number of pyridine rings is 1. The Kier molecular flexibility index (Phi) is 5.14. The minimum absolute atomic E-state index is 0.696. The van der Waals surface area contributed by atoms with E-state index in [0.717, 1.165) is 13.1 Å². The fraction of sp³-hybridized carbons (Fsp3) is 0.667. The van der Waals surface area contributed by atoms with Crippen molar-refractivity contribution in [3.05, 3.63) is 30.1 Å². The molecule has 1 heterocycles. The first kappa shape index (κ1) is 13.5. The van der Waals surface area contributed by atoms with Gasteiger partial charge >= 0.3 is 0 Å². The molecule has 18 heavy (non-hydrogen) atoms. The van der Waals surface area contributed by atoms with Crippen LogP contribution in [-0.2, 0) is 6.54 Å². The van der Waals surface area contributed by atoms with E-state index in [-0.39, 0.29) is 0 Å². The molecule has 0 spiro atoms. The molecule has 100 valence electrons. The SMILES string of the molecule is CCN(Cc1ccccn1)C1CCCC(NC)C1. The smallest absolute Gasteiger partial charge is 0.0544 e. The van der Waals surface area contributed by atoms with Crippen LogP contribution in [0.3, 0.4) is 0 Å². The van der Waals surface area contributed by atoms with Crippen molar-refractivity contribution < 1.29 is 0 Å². The lowest BCUT2D eigenvalue weighted by molar-refractivity contribution is 0.139. The van der Waals surface area contributed by atoms with E-state index in [0.29, 0.717) is 12.1 Å². The molecule has 2 atom stereocenters. The average molecular weight is 247 g/mol. The second kappa shape index (κ2) is 6.86. The summed E-state index contributed by atoms with van der Waals surface area (Å²) in [6, 6.07) is 7.59. The number of nitrogens with zero attached hydrogens (tertiary/aromatic N) is 2. The van der Waals surface area contributed by atoms with Gasteiger partial charge in [-0.3, -0.25) is 9.88 Å². The van der Waals surface area contributed by atoms with Crippen molar-refractivity contribution in [3.63, 3.8) is 0 Å². The van der Waals surface area contributed by atoms with E-state index in [1.165, 1.54) is 31.4 Å². The molecule has 0 saturated heterocycles. The summed E-state index contributed by atoms with van der Waals surface area (Å²) in [6.07, 6.45) is 7.17.